The lowest BCUT2D eigenvalue weighted by Crippen LogP contribution is -2.37. The fourth-order valence-electron chi connectivity index (χ4n) is 2.01. The number of hydrogen-bond acceptors (Lipinski definition) is 3. The van der Waals surface area contributed by atoms with Crippen LogP contribution in [0.2, 0.25) is 0 Å². The van der Waals surface area contributed by atoms with E-state index in [2.05, 4.69) is 0 Å². The van der Waals surface area contributed by atoms with Crippen LogP contribution < -0.4 is 9.47 Å². The molecule has 1 aliphatic heterocycles. The highest BCUT2D eigenvalue weighted by molar-refractivity contribution is 5.44. The summed E-state index contributed by atoms with van der Waals surface area (Å²) in [5.74, 6) is 0.219. The molecule has 0 bridgehead atoms. The van der Waals surface area contributed by atoms with Gasteiger partial charge in [-0.3, -0.25) is 0 Å². The van der Waals surface area contributed by atoms with Crippen molar-refractivity contribution in [2.24, 2.45) is 0 Å². The molecule has 3 heteroatoms. The zero-order valence-corrected chi connectivity index (χ0v) is 10.3. The molecule has 3 nitrogen and oxygen atoms in total. The van der Waals surface area contributed by atoms with Crippen LogP contribution in [0.1, 0.15) is 11.1 Å². The minimum Gasteiger partial charge on any atom is -0.422 e. The normalized spacial score (nSPS) is 15.7. The Kier molecular flexibility index (Phi) is 2.49. The van der Waals surface area contributed by atoms with E-state index in [1.54, 1.807) is 7.11 Å². The fourth-order valence-corrected chi connectivity index (χ4v) is 2.01. The number of benzene rings is 2. The maximum absolute atomic E-state index is 5.83. The van der Waals surface area contributed by atoms with Gasteiger partial charge in [-0.25, -0.2) is 0 Å². The highest BCUT2D eigenvalue weighted by Crippen LogP contribution is 2.44. The number of hydrogen-bond donors (Lipinski definition) is 0. The molecule has 0 N–H and O–H groups in total. The van der Waals surface area contributed by atoms with Crippen LogP contribution in [0.3, 0.4) is 0 Å². The van der Waals surface area contributed by atoms with Crippen molar-refractivity contribution in [3.8, 4) is 11.5 Å². The van der Waals surface area contributed by atoms with Crippen molar-refractivity contribution in [1.29, 1.82) is 0 Å². The van der Waals surface area contributed by atoms with Crippen molar-refractivity contribution in [2.45, 2.75) is 12.9 Å². The number of fused-ring (bicyclic) bond motifs is 1. The standard InChI is InChI=1S/C15H14O3/c1-11-7-9-12(10-8-11)15(16-2)17-13-5-3-4-6-14(13)18-15/h3-10H,1-2H3. The third-order valence-corrected chi connectivity index (χ3v) is 3.01. The molecule has 0 unspecified atom stereocenters. The Morgan fingerprint density at radius 1 is 0.889 bits per heavy atom. The lowest BCUT2D eigenvalue weighted by molar-refractivity contribution is -0.279. The summed E-state index contributed by atoms with van der Waals surface area (Å²) < 4.78 is 17.1. The van der Waals surface area contributed by atoms with Crippen LogP contribution >= 0.6 is 0 Å². The zero-order chi connectivity index (χ0) is 12.6. The summed E-state index contributed by atoms with van der Waals surface area (Å²) in [4.78, 5) is 0. The maximum atomic E-state index is 5.83. The molecule has 0 aromatic heterocycles. The Balaban J connectivity index is 2.02. The molecule has 0 radical (unpaired) electrons. The molecule has 0 aliphatic carbocycles. The van der Waals surface area contributed by atoms with Gasteiger partial charge in [-0.05, 0) is 31.2 Å². The lowest BCUT2D eigenvalue weighted by Gasteiger charge is -2.25. The molecule has 2 aromatic rings. The molecule has 18 heavy (non-hydrogen) atoms. The third kappa shape index (κ3) is 1.64. The van der Waals surface area contributed by atoms with E-state index in [9.17, 15) is 0 Å². The predicted octanol–water partition coefficient (Wildman–Crippen LogP) is 3.22. The summed E-state index contributed by atoms with van der Waals surface area (Å²) in [5, 5.41) is 0. The van der Waals surface area contributed by atoms with Crippen molar-refractivity contribution in [2.75, 3.05) is 7.11 Å². The van der Waals surface area contributed by atoms with Crippen LogP contribution in [-0.4, -0.2) is 7.11 Å². The van der Waals surface area contributed by atoms with Crippen molar-refractivity contribution in [1.82, 2.24) is 0 Å². The van der Waals surface area contributed by atoms with Gasteiger partial charge in [0, 0.05) is 7.11 Å². The second-order valence-corrected chi connectivity index (χ2v) is 4.28. The van der Waals surface area contributed by atoms with Gasteiger partial charge in [-0.2, -0.15) is 0 Å². The van der Waals surface area contributed by atoms with Gasteiger partial charge in [0.15, 0.2) is 11.5 Å². The van der Waals surface area contributed by atoms with Crippen LogP contribution in [0.4, 0.5) is 0 Å². The van der Waals surface area contributed by atoms with Gasteiger partial charge in [0.1, 0.15) is 0 Å². The molecule has 0 amide bonds. The monoisotopic (exact) mass is 242 g/mol. The van der Waals surface area contributed by atoms with E-state index in [1.807, 2.05) is 55.5 Å². The van der Waals surface area contributed by atoms with E-state index < -0.39 is 5.97 Å². The van der Waals surface area contributed by atoms with Crippen molar-refractivity contribution < 1.29 is 14.2 Å². The Labute approximate surface area is 106 Å². The number of ether oxygens (including phenoxy) is 3. The summed E-state index contributed by atoms with van der Waals surface area (Å²) in [6.07, 6.45) is 0. The minimum absolute atomic E-state index is 0.694. The summed E-state index contributed by atoms with van der Waals surface area (Å²) in [6, 6.07) is 15.5. The summed E-state index contributed by atoms with van der Waals surface area (Å²) in [5.41, 5.74) is 2.02. The summed E-state index contributed by atoms with van der Waals surface area (Å²) in [7, 11) is 1.58. The average Bonchev–Trinajstić information content (AvgIpc) is 2.79. The first-order valence-electron chi connectivity index (χ1n) is 5.83. The van der Waals surface area contributed by atoms with Gasteiger partial charge in [0.25, 0.3) is 0 Å². The molecular weight excluding hydrogens is 228 g/mol. The molecule has 0 spiro atoms. The summed E-state index contributed by atoms with van der Waals surface area (Å²) >= 11 is 0. The van der Waals surface area contributed by atoms with Crippen LogP contribution in [0, 0.1) is 6.92 Å². The quantitative estimate of drug-likeness (QED) is 0.809. The number of aryl methyl sites for hydroxylation is 1. The molecule has 0 fully saturated rings. The predicted molar refractivity (Wildman–Crippen MR) is 67.6 cm³/mol. The van der Waals surface area contributed by atoms with E-state index in [4.69, 9.17) is 14.2 Å². The first-order valence-corrected chi connectivity index (χ1v) is 5.83. The Hall–Kier alpha value is -2.00. The molecular formula is C15H14O3. The van der Waals surface area contributed by atoms with Gasteiger partial charge in [-0.15, -0.1) is 0 Å². The number of para-hydroxylation sites is 2. The Morgan fingerprint density at radius 3 is 1.94 bits per heavy atom. The zero-order valence-electron chi connectivity index (χ0n) is 10.3. The molecule has 3 rings (SSSR count). The molecule has 1 aliphatic rings. The fraction of sp³-hybridized carbons (Fsp3) is 0.200. The van der Waals surface area contributed by atoms with Gasteiger partial charge in [0.05, 0.1) is 5.56 Å². The van der Waals surface area contributed by atoms with E-state index in [0.717, 1.165) is 5.56 Å². The van der Waals surface area contributed by atoms with Gasteiger partial charge in [-0.1, -0.05) is 29.8 Å². The highest BCUT2D eigenvalue weighted by atomic mass is 16.9. The maximum Gasteiger partial charge on any atom is 0.401 e. The largest absolute Gasteiger partial charge is 0.422 e. The highest BCUT2D eigenvalue weighted by Gasteiger charge is 2.44. The molecule has 92 valence electrons. The number of rotatable bonds is 2. The SMILES string of the molecule is COC1(c2ccc(C)cc2)Oc2ccccc2O1. The summed E-state index contributed by atoms with van der Waals surface area (Å²) in [6.45, 7) is 2.04. The second-order valence-electron chi connectivity index (χ2n) is 4.28. The van der Waals surface area contributed by atoms with Crippen LogP contribution in [0.25, 0.3) is 0 Å². The van der Waals surface area contributed by atoms with Crippen LogP contribution in [-0.2, 0) is 10.7 Å². The average molecular weight is 242 g/mol. The van der Waals surface area contributed by atoms with Gasteiger partial charge < -0.3 is 14.2 Å². The van der Waals surface area contributed by atoms with E-state index in [0.29, 0.717) is 11.5 Å². The van der Waals surface area contributed by atoms with E-state index in [1.165, 1.54) is 5.56 Å². The third-order valence-electron chi connectivity index (χ3n) is 3.01. The first kappa shape index (κ1) is 11.1. The lowest BCUT2D eigenvalue weighted by atomic mass is 10.1. The van der Waals surface area contributed by atoms with E-state index in [-0.39, 0.29) is 0 Å². The minimum atomic E-state index is -1.17. The first-order chi connectivity index (χ1) is 8.73. The molecule has 1 heterocycles. The Morgan fingerprint density at radius 2 is 1.44 bits per heavy atom. The number of methoxy groups -OCH3 is 1. The molecule has 2 aromatic carbocycles. The van der Waals surface area contributed by atoms with Crippen LogP contribution in [0.15, 0.2) is 48.5 Å². The van der Waals surface area contributed by atoms with Gasteiger partial charge in [0.2, 0.25) is 0 Å². The molecule has 0 atom stereocenters. The van der Waals surface area contributed by atoms with Gasteiger partial charge >= 0.3 is 5.97 Å². The van der Waals surface area contributed by atoms with Crippen molar-refractivity contribution in [3.63, 3.8) is 0 Å². The molecule has 0 saturated heterocycles. The second kappa shape index (κ2) is 4.03. The topological polar surface area (TPSA) is 27.7 Å². The van der Waals surface area contributed by atoms with E-state index >= 15 is 0 Å². The Bertz CT molecular complexity index is 535. The van der Waals surface area contributed by atoms with Crippen LogP contribution in [0.5, 0.6) is 11.5 Å². The molecule has 0 saturated carbocycles. The van der Waals surface area contributed by atoms with Crippen molar-refractivity contribution in [3.05, 3.63) is 59.7 Å². The van der Waals surface area contributed by atoms with Crippen molar-refractivity contribution >= 4 is 0 Å². The smallest absolute Gasteiger partial charge is 0.401 e.